The van der Waals surface area contributed by atoms with Crippen molar-refractivity contribution in [3.63, 3.8) is 0 Å². The maximum absolute atomic E-state index is 11.7. The highest BCUT2D eigenvalue weighted by molar-refractivity contribution is 6.39. The molecule has 0 saturated carbocycles. The van der Waals surface area contributed by atoms with Gasteiger partial charge >= 0.3 is 0 Å². The van der Waals surface area contributed by atoms with Crippen LogP contribution in [0, 0.1) is 0 Å². The molecule has 0 aromatic rings. The lowest BCUT2D eigenvalue weighted by Crippen LogP contribution is -2.47. The zero-order chi connectivity index (χ0) is 15.9. The summed E-state index contributed by atoms with van der Waals surface area (Å²) in [6.45, 7) is 3.07. The number of ketones is 2. The number of aliphatic hydroxyl groups is 2. The van der Waals surface area contributed by atoms with E-state index in [9.17, 15) is 19.8 Å². The van der Waals surface area contributed by atoms with Crippen molar-refractivity contribution in [2.24, 2.45) is 0 Å². The lowest BCUT2D eigenvalue weighted by Gasteiger charge is -2.28. The average Bonchev–Trinajstić information content (AvgIpc) is 2.55. The van der Waals surface area contributed by atoms with Gasteiger partial charge in [0.2, 0.25) is 12.6 Å². The highest BCUT2D eigenvalue weighted by Gasteiger charge is 2.33. The van der Waals surface area contributed by atoms with Gasteiger partial charge in [0.15, 0.2) is 0 Å². The molecule has 2 saturated heterocycles. The Morgan fingerprint density at radius 1 is 0.773 bits per heavy atom. The molecule has 0 aliphatic carbocycles. The predicted molar refractivity (Wildman–Crippen MR) is 69.0 cm³/mol. The number of hydrogen-bond acceptors (Lipinski definition) is 10. The summed E-state index contributed by atoms with van der Waals surface area (Å²) in [5, 5.41) is 21.9. The summed E-state index contributed by atoms with van der Waals surface area (Å²) in [4.78, 5) is 33.4. The first-order valence-corrected chi connectivity index (χ1v) is 7.01. The van der Waals surface area contributed by atoms with Crippen molar-refractivity contribution in [2.75, 3.05) is 52.6 Å². The molecule has 2 aliphatic heterocycles. The van der Waals surface area contributed by atoms with Gasteiger partial charge in [0.1, 0.15) is 0 Å². The normalized spacial score (nSPS) is 23.9. The molecule has 10 heteroatoms. The fourth-order valence-corrected chi connectivity index (χ4v) is 1.93. The molecule has 0 radical (unpaired) electrons. The first kappa shape index (κ1) is 17.4. The minimum atomic E-state index is -1.98. The van der Waals surface area contributed by atoms with Crippen LogP contribution in [0.2, 0.25) is 0 Å². The van der Waals surface area contributed by atoms with E-state index >= 15 is 0 Å². The second-order valence-corrected chi connectivity index (χ2v) is 4.73. The molecule has 22 heavy (non-hydrogen) atoms. The maximum Gasteiger partial charge on any atom is 0.261 e. The first-order chi connectivity index (χ1) is 10.6. The van der Waals surface area contributed by atoms with Gasteiger partial charge in [-0.2, -0.15) is 10.1 Å². The Morgan fingerprint density at radius 2 is 1.09 bits per heavy atom. The van der Waals surface area contributed by atoms with Crippen LogP contribution in [0.3, 0.4) is 0 Å². The second kappa shape index (κ2) is 8.60. The number of ether oxygens (including phenoxy) is 2. The van der Waals surface area contributed by atoms with E-state index in [0.29, 0.717) is 52.6 Å². The van der Waals surface area contributed by atoms with Crippen LogP contribution >= 0.6 is 0 Å². The Hall–Kier alpha value is -0.980. The lowest BCUT2D eigenvalue weighted by atomic mass is 10.2. The molecule has 0 aromatic heterocycles. The number of rotatable bonds is 7. The van der Waals surface area contributed by atoms with Crippen molar-refractivity contribution in [2.45, 2.75) is 12.6 Å². The molecule has 2 N–H and O–H groups in total. The van der Waals surface area contributed by atoms with Gasteiger partial charge in [0.05, 0.1) is 26.4 Å². The third kappa shape index (κ3) is 5.04. The summed E-state index contributed by atoms with van der Waals surface area (Å²) in [7, 11) is 0. The number of hydroxylamine groups is 4. The predicted octanol–water partition coefficient (Wildman–Crippen LogP) is -2.71. The molecule has 0 spiro atoms. The van der Waals surface area contributed by atoms with Crippen LogP contribution in [0.4, 0.5) is 0 Å². The van der Waals surface area contributed by atoms with Crippen LogP contribution in [0.5, 0.6) is 0 Å². The highest BCUT2D eigenvalue weighted by Crippen LogP contribution is 2.06. The molecule has 2 fully saturated rings. The number of aliphatic hydroxyl groups excluding tert-OH is 2. The Kier molecular flexibility index (Phi) is 6.79. The SMILES string of the molecule is O=C(C(=O)C(O)ON1CCOCC1)C(O)ON1CCOCC1. The smallest absolute Gasteiger partial charge is 0.261 e. The van der Waals surface area contributed by atoms with Crippen molar-refractivity contribution in [1.29, 1.82) is 0 Å². The number of nitrogens with zero attached hydrogens (tertiary/aromatic N) is 2. The Balaban J connectivity index is 1.77. The lowest BCUT2D eigenvalue weighted by molar-refractivity contribution is -0.279. The zero-order valence-corrected chi connectivity index (χ0v) is 12.0. The van der Waals surface area contributed by atoms with Crippen LogP contribution in [0.15, 0.2) is 0 Å². The summed E-state index contributed by atoms with van der Waals surface area (Å²) >= 11 is 0. The van der Waals surface area contributed by atoms with Gasteiger partial charge in [0, 0.05) is 26.2 Å². The fraction of sp³-hybridized carbons (Fsp3) is 0.833. The number of morpholine rings is 2. The molecular formula is C12H20N2O8. The molecule has 2 heterocycles. The van der Waals surface area contributed by atoms with Crippen LogP contribution < -0.4 is 0 Å². The van der Waals surface area contributed by atoms with E-state index in [1.54, 1.807) is 0 Å². The van der Waals surface area contributed by atoms with Crippen LogP contribution in [-0.2, 0) is 28.7 Å². The fourth-order valence-electron chi connectivity index (χ4n) is 1.93. The zero-order valence-electron chi connectivity index (χ0n) is 12.0. The quantitative estimate of drug-likeness (QED) is 0.378. The molecule has 10 nitrogen and oxygen atoms in total. The minimum absolute atomic E-state index is 0.366. The number of carbonyl (C=O) groups excluding carboxylic acids is 2. The molecule has 126 valence electrons. The van der Waals surface area contributed by atoms with Crippen molar-refractivity contribution >= 4 is 11.6 Å². The Bertz CT molecular complexity index is 345. The molecule has 0 aromatic carbocycles. The van der Waals surface area contributed by atoms with Crippen LogP contribution in [0.1, 0.15) is 0 Å². The van der Waals surface area contributed by atoms with E-state index in [4.69, 9.17) is 19.1 Å². The third-order valence-corrected chi connectivity index (χ3v) is 3.13. The molecule has 2 aliphatic rings. The van der Waals surface area contributed by atoms with Crippen LogP contribution in [0.25, 0.3) is 0 Å². The molecule has 2 unspecified atom stereocenters. The van der Waals surface area contributed by atoms with E-state index in [1.165, 1.54) is 10.1 Å². The summed E-state index contributed by atoms with van der Waals surface area (Å²) in [5.41, 5.74) is 0. The van der Waals surface area contributed by atoms with E-state index in [0.717, 1.165) is 0 Å². The van der Waals surface area contributed by atoms with E-state index in [-0.39, 0.29) is 0 Å². The van der Waals surface area contributed by atoms with Crippen LogP contribution in [-0.4, -0.2) is 97.1 Å². The highest BCUT2D eigenvalue weighted by atomic mass is 16.8. The van der Waals surface area contributed by atoms with E-state index in [2.05, 4.69) is 0 Å². The van der Waals surface area contributed by atoms with Gasteiger partial charge in [0.25, 0.3) is 11.6 Å². The molecule has 2 rings (SSSR count). The van der Waals surface area contributed by atoms with Gasteiger partial charge in [-0.25, -0.2) is 0 Å². The topological polar surface area (TPSA) is 118 Å². The molecule has 0 bridgehead atoms. The van der Waals surface area contributed by atoms with Gasteiger partial charge in [-0.3, -0.25) is 19.3 Å². The van der Waals surface area contributed by atoms with Crippen molar-refractivity contribution in [3.05, 3.63) is 0 Å². The Morgan fingerprint density at radius 3 is 1.41 bits per heavy atom. The standard InChI is InChI=1S/C12H20N2O8/c15-9(11(17)21-13-1-5-19-6-2-13)10(16)12(18)22-14-3-7-20-8-4-14/h11-12,17-18H,1-8H2. The number of Topliss-reactive ketones (excluding diaryl/α,β-unsaturated/α-hetero) is 2. The van der Waals surface area contributed by atoms with Gasteiger partial charge in [-0.15, -0.1) is 0 Å². The maximum atomic E-state index is 11.7. The van der Waals surface area contributed by atoms with Gasteiger partial charge < -0.3 is 19.7 Å². The average molecular weight is 320 g/mol. The summed E-state index contributed by atoms with van der Waals surface area (Å²) in [6, 6.07) is 0. The summed E-state index contributed by atoms with van der Waals surface area (Å²) in [5.74, 6) is -2.54. The third-order valence-electron chi connectivity index (χ3n) is 3.13. The van der Waals surface area contributed by atoms with Gasteiger partial charge in [-0.05, 0) is 0 Å². The van der Waals surface area contributed by atoms with E-state index < -0.39 is 24.1 Å². The van der Waals surface area contributed by atoms with Gasteiger partial charge in [-0.1, -0.05) is 0 Å². The summed E-state index contributed by atoms with van der Waals surface area (Å²) in [6.07, 6.45) is -3.96. The van der Waals surface area contributed by atoms with Crippen molar-refractivity contribution < 1.29 is 39.0 Å². The number of carbonyl (C=O) groups is 2. The number of hydrogen-bond donors (Lipinski definition) is 2. The first-order valence-electron chi connectivity index (χ1n) is 7.01. The molecular weight excluding hydrogens is 300 g/mol. The summed E-state index contributed by atoms with van der Waals surface area (Å²) < 4.78 is 10.2. The van der Waals surface area contributed by atoms with E-state index in [1.807, 2.05) is 0 Å². The minimum Gasteiger partial charge on any atom is -0.379 e. The molecule has 0 amide bonds. The monoisotopic (exact) mass is 320 g/mol. The van der Waals surface area contributed by atoms with Crippen molar-refractivity contribution in [1.82, 2.24) is 10.1 Å². The second-order valence-electron chi connectivity index (χ2n) is 4.73. The largest absolute Gasteiger partial charge is 0.379 e. The van der Waals surface area contributed by atoms with Crippen molar-refractivity contribution in [3.8, 4) is 0 Å². The molecule has 2 atom stereocenters. The Labute approximate surface area is 127 Å².